The van der Waals surface area contributed by atoms with Crippen molar-refractivity contribution in [3.63, 3.8) is 0 Å². The van der Waals surface area contributed by atoms with E-state index < -0.39 is 0 Å². The Morgan fingerprint density at radius 2 is 2.24 bits per heavy atom. The summed E-state index contributed by atoms with van der Waals surface area (Å²) >= 11 is 0. The summed E-state index contributed by atoms with van der Waals surface area (Å²) in [6.07, 6.45) is 2.50. The molecule has 2 heterocycles. The van der Waals surface area contributed by atoms with Gasteiger partial charge in [-0.3, -0.25) is 10.5 Å². The summed E-state index contributed by atoms with van der Waals surface area (Å²) in [5.41, 5.74) is 2.69. The lowest BCUT2D eigenvalue weighted by molar-refractivity contribution is 0.101. The first-order valence-electron chi connectivity index (χ1n) is 5.42. The van der Waals surface area contributed by atoms with Crippen molar-refractivity contribution in [3.05, 3.63) is 6.20 Å². The minimum atomic E-state index is -0.301. The van der Waals surface area contributed by atoms with Crippen LogP contribution >= 0.6 is 0 Å². The Morgan fingerprint density at radius 3 is 2.88 bits per heavy atom. The van der Waals surface area contributed by atoms with Crippen LogP contribution in [0.2, 0.25) is 0 Å². The third-order valence-electron chi connectivity index (χ3n) is 2.63. The summed E-state index contributed by atoms with van der Waals surface area (Å²) in [5, 5.41) is 7.42. The molecule has 4 N–H and O–H groups in total. The molecule has 0 saturated heterocycles. The minimum Gasteiger partial charge on any atom is -0.471 e. The topological polar surface area (TPSA) is 102 Å². The zero-order valence-corrected chi connectivity index (χ0v) is 10.1. The van der Waals surface area contributed by atoms with Gasteiger partial charge in [-0.15, -0.1) is 0 Å². The zero-order valence-electron chi connectivity index (χ0n) is 10.1. The van der Waals surface area contributed by atoms with Crippen molar-refractivity contribution in [2.75, 3.05) is 5.43 Å². The van der Waals surface area contributed by atoms with Gasteiger partial charge in [0.15, 0.2) is 5.65 Å². The largest absolute Gasteiger partial charge is 0.471 e. The molecule has 0 unspecified atom stereocenters. The number of aromatic amines is 1. The lowest BCUT2D eigenvalue weighted by atomic mass is 10.1. The molecule has 0 aliphatic carbocycles. The molecule has 92 valence electrons. The first-order chi connectivity index (χ1) is 8.05. The Morgan fingerprint density at radius 1 is 1.47 bits per heavy atom. The van der Waals surface area contributed by atoms with Crippen LogP contribution in [0.4, 0.5) is 5.95 Å². The molecular formula is C10H16N6O. The highest BCUT2D eigenvalue weighted by Gasteiger charge is 2.20. The van der Waals surface area contributed by atoms with Crippen LogP contribution in [-0.2, 0) is 0 Å². The number of hydrogen-bond acceptors (Lipinski definition) is 6. The number of H-pyrrole nitrogens is 1. The molecule has 0 spiro atoms. The van der Waals surface area contributed by atoms with Gasteiger partial charge < -0.3 is 4.74 Å². The molecule has 0 aliphatic rings. The van der Waals surface area contributed by atoms with Crippen LogP contribution in [0.5, 0.6) is 5.88 Å². The average Bonchev–Trinajstić information content (AvgIpc) is 2.76. The van der Waals surface area contributed by atoms with Crippen LogP contribution in [0.25, 0.3) is 11.0 Å². The Kier molecular flexibility index (Phi) is 2.84. The molecular weight excluding hydrogens is 220 g/mol. The van der Waals surface area contributed by atoms with Crippen molar-refractivity contribution >= 4 is 17.0 Å². The van der Waals surface area contributed by atoms with E-state index in [1.807, 2.05) is 13.8 Å². The van der Waals surface area contributed by atoms with Gasteiger partial charge in [-0.25, -0.2) is 5.84 Å². The summed E-state index contributed by atoms with van der Waals surface area (Å²) < 4.78 is 5.86. The quantitative estimate of drug-likeness (QED) is 0.544. The molecule has 0 amide bonds. The predicted octanol–water partition coefficient (Wildman–Crippen LogP) is 1.21. The molecule has 0 atom stereocenters. The molecule has 0 bridgehead atoms. The normalized spacial score (nSPS) is 11.8. The van der Waals surface area contributed by atoms with E-state index in [1.165, 1.54) is 0 Å². The van der Waals surface area contributed by atoms with Crippen LogP contribution in [0.15, 0.2) is 6.20 Å². The fourth-order valence-electron chi connectivity index (χ4n) is 1.28. The van der Waals surface area contributed by atoms with Crippen molar-refractivity contribution in [2.24, 2.45) is 5.84 Å². The molecule has 17 heavy (non-hydrogen) atoms. The molecule has 0 radical (unpaired) electrons. The fourth-order valence-corrected chi connectivity index (χ4v) is 1.28. The van der Waals surface area contributed by atoms with Gasteiger partial charge in [0.1, 0.15) is 11.0 Å². The van der Waals surface area contributed by atoms with E-state index in [4.69, 9.17) is 10.6 Å². The monoisotopic (exact) mass is 236 g/mol. The SMILES string of the molecule is CCC(C)(C)Oc1nc(NN)nc2[nH]ncc12. The zero-order chi connectivity index (χ0) is 12.5. The average molecular weight is 236 g/mol. The van der Waals surface area contributed by atoms with Crippen LogP contribution < -0.4 is 16.0 Å². The van der Waals surface area contributed by atoms with Gasteiger partial charge in [-0.1, -0.05) is 6.92 Å². The number of nitrogens with zero attached hydrogens (tertiary/aromatic N) is 3. The van der Waals surface area contributed by atoms with Crippen molar-refractivity contribution in [2.45, 2.75) is 32.8 Å². The number of hydrogen-bond donors (Lipinski definition) is 3. The molecule has 2 rings (SSSR count). The number of aromatic nitrogens is 4. The third kappa shape index (κ3) is 2.28. The molecule has 0 aromatic carbocycles. The number of nitrogens with one attached hydrogen (secondary N) is 2. The standard InChI is InChI=1S/C10H16N6O/c1-4-10(2,3)17-8-6-5-12-16-7(6)13-9(14-8)15-11/h5H,4,11H2,1-3H3,(H2,12,13,14,15,16). The van der Waals surface area contributed by atoms with Crippen molar-refractivity contribution < 1.29 is 4.74 Å². The maximum absolute atomic E-state index is 5.86. The fraction of sp³-hybridized carbons (Fsp3) is 0.500. The first-order valence-corrected chi connectivity index (χ1v) is 5.42. The van der Waals surface area contributed by atoms with Crippen molar-refractivity contribution in [3.8, 4) is 5.88 Å². The minimum absolute atomic E-state index is 0.295. The second-order valence-corrected chi connectivity index (χ2v) is 4.34. The Hall–Kier alpha value is -1.89. The van der Waals surface area contributed by atoms with Gasteiger partial charge in [0.2, 0.25) is 11.8 Å². The maximum atomic E-state index is 5.86. The predicted molar refractivity (Wildman–Crippen MR) is 64.5 cm³/mol. The Bertz CT molecular complexity index is 520. The number of hydrazine groups is 1. The van der Waals surface area contributed by atoms with Gasteiger partial charge in [-0.2, -0.15) is 15.1 Å². The number of nitrogen functional groups attached to an aromatic ring is 1. The van der Waals surface area contributed by atoms with E-state index in [0.29, 0.717) is 17.5 Å². The van der Waals surface area contributed by atoms with Gasteiger partial charge in [0.05, 0.1) is 6.20 Å². The van der Waals surface area contributed by atoms with Gasteiger partial charge in [0, 0.05) is 0 Å². The van der Waals surface area contributed by atoms with Crippen LogP contribution in [-0.4, -0.2) is 25.8 Å². The molecule has 2 aromatic rings. The summed E-state index contributed by atoms with van der Waals surface area (Å²) in [6, 6.07) is 0. The van der Waals surface area contributed by atoms with Crippen molar-refractivity contribution in [1.82, 2.24) is 20.2 Å². The first kappa shape index (κ1) is 11.6. The highest BCUT2D eigenvalue weighted by molar-refractivity contribution is 5.80. The molecule has 2 aromatic heterocycles. The van der Waals surface area contributed by atoms with Crippen molar-refractivity contribution in [1.29, 1.82) is 0 Å². The summed E-state index contributed by atoms with van der Waals surface area (Å²) in [4.78, 5) is 8.32. The van der Waals surface area contributed by atoms with Gasteiger partial charge in [-0.05, 0) is 20.3 Å². The summed E-state index contributed by atoms with van der Waals surface area (Å²) in [6.45, 7) is 6.04. The second-order valence-electron chi connectivity index (χ2n) is 4.34. The van der Waals surface area contributed by atoms with E-state index in [1.54, 1.807) is 6.20 Å². The summed E-state index contributed by atoms with van der Waals surface area (Å²) in [5.74, 6) is 6.08. The van der Waals surface area contributed by atoms with E-state index in [9.17, 15) is 0 Å². The van der Waals surface area contributed by atoms with E-state index in [0.717, 1.165) is 11.8 Å². The number of fused-ring (bicyclic) bond motifs is 1. The number of anilines is 1. The molecule has 0 saturated carbocycles. The van der Waals surface area contributed by atoms with Crippen LogP contribution in [0.3, 0.4) is 0 Å². The molecule has 7 nitrogen and oxygen atoms in total. The Labute approximate surface area is 98.7 Å². The van der Waals surface area contributed by atoms with E-state index >= 15 is 0 Å². The van der Waals surface area contributed by atoms with Gasteiger partial charge >= 0.3 is 0 Å². The maximum Gasteiger partial charge on any atom is 0.242 e. The smallest absolute Gasteiger partial charge is 0.242 e. The number of rotatable bonds is 4. The number of nitrogens with two attached hydrogens (primary N) is 1. The second kappa shape index (κ2) is 4.17. The Balaban J connectivity index is 2.47. The van der Waals surface area contributed by atoms with E-state index in [-0.39, 0.29) is 5.60 Å². The highest BCUT2D eigenvalue weighted by Crippen LogP contribution is 2.26. The summed E-state index contributed by atoms with van der Waals surface area (Å²) in [7, 11) is 0. The molecule has 0 aliphatic heterocycles. The lowest BCUT2D eigenvalue weighted by Gasteiger charge is -2.24. The highest BCUT2D eigenvalue weighted by atomic mass is 16.5. The molecule has 7 heteroatoms. The third-order valence-corrected chi connectivity index (χ3v) is 2.63. The van der Waals surface area contributed by atoms with Crippen LogP contribution in [0.1, 0.15) is 27.2 Å². The molecule has 0 fully saturated rings. The van der Waals surface area contributed by atoms with E-state index in [2.05, 4.69) is 32.5 Å². The van der Waals surface area contributed by atoms with Crippen LogP contribution in [0, 0.1) is 0 Å². The number of ether oxygens (including phenoxy) is 1. The van der Waals surface area contributed by atoms with Gasteiger partial charge in [0.25, 0.3) is 0 Å². The lowest BCUT2D eigenvalue weighted by Crippen LogP contribution is -2.27.